The number of benzene rings is 2. The summed E-state index contributed by atoms with van der Waals surface area (Å²) in [5, 5.41) is 9.31. The lowest BCUT2D eigenvalue weighted by atomic mass is 9.74. The second-order valence-corrected chi connectivity index (χ2v) is 9.36. The molecule has 2 aromatic carbocycles. The molecule has 1 amide bonds. The number of hydrogen-bond donors (Lipinski definition) is 1. The molecular weight excluding hydrogens is 394 g/mol. The van der Waals surface area contributed by atoms with Crippen LogP contribution in [0.5, 0.6) is 0 Å². The maximum Gasteiger partial charge on any atom is 0.239 e. The minimum absolute atomic E-state index is 0.128. The lowest BCUT2D eigenvalue weighted by Gasteiger charge is -2.28. The van der Waals surface area contributed by atoms with Gasteiger partial charge in [-0.15, -0.1) is 0 Å². The zero-order valence-corrected chi connectivity index (χ0v) is 18.6. The van der Waals surface area contributed by atoms with E-state index in [0.29, 0.717) is 29.7 Å². The highest BCUT2D eigenvalue weighted by Gasteiger charge is 2.58. The summed E-state index contributed by atoms with van der Waals surface area (Å²) in [6.45, 7) is 1.65. The molecule has 0 spiro atoms. The predicted octanol–water partition coefficient (Wildman–Crippen LogP) is 5.21. The Kier molecular flexibility index (Phi) is 5.99. The minimum atomic E-state index is -0.576. The van der Waals surface area contributed by atoms with Crippen molar-refractivity contribution in [2.24, 2.45) is 5.92 Å². The zero-order valence-electron chi connectivity index (χ0n) is 17.8. The number of hydrogen-bond acceptors (Lipinski definition) is 3. The molecule has 2 fully saturated rings. The van der Waals surface area contributed by atoms with E-state index in [4.69, 9.17) is 17.0 Å². The molecule has 0 radical (unpaired) electrons. The highest BCUT2D eigenvalue weighted by molar-refractivity contribution is 6.30. The van der Waals surface area contributed by atoms with E-state index < -0.39 is 5.41 Å². The van der Waals surface area contributed by atoms with Crippen molar-refractivity contribution < 1.29 is 4.79 Å². The number of amidine groups is 1. The van der Waals surface area contributed by atoms with Crippen LogP contribution in [0.3, 0.4) is 0 Å². The highest BCUT2D eigenvalue weighted by atomic mass is 35.5. The Morgan fingerprint density at radius 1 is 1.10 bits per heavy atom. The summed E-state index contributed by atoms with van der Waals surface area (Å²) < 4.78 is 0. The van der Waals surface area contributed by atoms with Gasteiger partial charge >= 0.3 is 0 Å². The standard InChI is InChI=1S/C25H30ClN3O/c1-28(2)13-3-4-14-29-23(27)17-25(24(29)30,20-11-12-20)21-9-5-7-18(15-21)19-8-6-10-22(26)16-19/h5-10,15-16,20,27H,3-4,11-14,17H2,1-2H3. The molecule has 0 bridgehead atoms. The van der Waals surface area contributed by atoms with Gasteiger partial charge in [-0.2, -0.15) is 0 Å². The number of unbranched alkanes of at least 4 members (excludes halogenated alkanes) is 1. The van der Waals surface area contributed by atoms with Gasteiger partial charge in [-0.05, 0) is 81.1 Å². The Morgan fingerprint density at radius 3 is 2.47 bits per heavy atom. The Labute approximate surface area is 184 Å². The van der Waals surface area contributed by atoms with Crippen LogP contribution in [0.4, 0.5) is 0 Å². The predicted molar refractivity (Wildman–Crippen MR) is 123 cm³/mol. The normalized spacial score (nSPS) is 21.7. The van der Waals surface area contributed by atoms with Crippen molar-refractivity contribution in [3.05, 3.63) is 59.1 Å². The lowest BCUT2D eigenvalue weighted by molar-refractivity contribution is -0.131. The molecule has 2 aromatic rings. The Balaban J connectivity index is 1.62. The average Bonchev–Trinajstić information content (AvgIpc) is 3.53. The van der Waals surface area contributed by atoms with E-state index in [0.717, 1.165) is 48.9 Å². The van der Waals surface area contributed by atoms with Gasteiger partial charge in [0, 0.05) is 18.0 Å². The third-order valence-electron chi connectivity index (χ3n) is 6.45. The summed E-state index contributed by atoms with van der Waals surface area (Å²) in [4.78, 5) is 17.6. The summed E-state index contributed by atoms with van der Waals surface area (Å²) >= 11 is 6.20. The molecule has 158 valence electrons. The molecule has 4 rings (SSSR count). The van der Waals surface area contributed by atoms with Crippen LogP contribution in [0.15, 0.2) is 48.5 Å². The molecule has 1 N–H and O–H groups in total. The van der Waals surface area contributed by atoms with Crippen molar-refractivity contribution >= 4 is 23.3 Å². The molecule has 1 aliphatic heterocycles. The van der Waals surface area contributed by atoms with Gasteiger partial charge in [-0.3, -0.25) is 15.1 Å². The molecule has 0 aromatic heterocycles. The van der Waals surface area contributed by atoms with Gasteiger partial charge < -0.3 is 4.90 Å². The van der Waals surface area contributed by atoms with Crippen LogP contribution in [-0.2, 0) is 10.2 Å². The van der Waals surface area contributed by atoms with Gasteiger partial charge in [0.25, 0.3) is 0 Å². The van der Waals surface area contributed by atoms with Gasteiger partial charge in [0.15, 0.2) is 0 Å². The number of amides is 1. The Hall–Kier alpha value is -2.17. The first-order chi connectivity index (χ1) is 14.4. The first-order valence-electron chi connectivity index (χ1n) is 10.8. The SMILES string of the molecule is CN(C)CCCCN1C(=N)CC(c2cccc(-c3cccc(Cl)c3)c2)(C2CC2)C1=O. The summed E-state index contributed by atoms with van der Waals surface area (Å²) in [5.74, 6) is 0.944. The summed E-state index contributed by atoms with van der Waals surface area (Å²) in [7, 11) is 4.13. The number of carbonyl (C=O) groups excluding carboxylic acids is 1. The third-order valence-corrected chi connectivity index (χ3v) is 6.68. The summed E-state index contributed by atoms with van der Waals surface area (Å²) in [5.41, 5.74) is 2.59. The van der Waals surface area contributed by atoms with Gasteiger partial charge in [0.05, 0.1) is 5.41 Å². The molecule has 4 nitrogen and oxygen atoms in total. The van der Waals surface area contributed by atoms with Crippen LogP contribution in [0, 0.1) is 11.3 Å². The smallest absolute Gasteiger partial charge is 0.239 e. The first-order valence-corrected chi connectivity index (χ1v) is 11.2. The van der Waals surface area contributed by atoms with E-state index >= 15 is 0 Å². The second-order valence-electron chi connectivity index (χ2n) is 8.93. The van der Waals surface area contributed by atoms with Gasteiger partial charge in [-0.1, -0.05) is 48.0 Å². The number of nitrogens with zero attached hydrogens (tertiary/aromatic N) is 2. The molecule has 1 saturated heterocycles. The van der Waals surface area contributed by atoms with Gasteiger partial charge in [0.1, 0.15) is 5.84 Å². The van der Waals surface area contributed by atoms with E-state index in [1.54, 1.807) is 4.90 Å². The van der Waals surface area contributed by atoms with E-state index in [-0.39, 0.29) is 5.91 Å². The van der Waals surface area contributed by atoms with Crippen LogP contribution < -0.4 is 0 Å². The molecule has 1 atom stereocenters. The maximum absolute atomic E-state index is 13.7. The Bertz CT molecular complexity index is 953. The summed E-state index contributed by atoms with van der Waals surface area (Å²) in [6, 6.07) is 16.2. The van der Waals surface area contributed by atoms with Crippen LogP contribution in [-0.4, -0.2) is 48.7 Å². The second kappa shape index (κ2) is 8.52. The van der Waals surface area contributed by atoms with Crippen molar-refractivity contribution in [2.45, 2.75) is 37.5 Å². The molecule has 30 heavy (non-hydrogen) atoms. The van der Waals surface area contributed by atoms with Gasteiger partial charge in [-0.25, -0.2) is 0 Å². The first kappa shape index (κ1) is 21.1. The molecule has 1 heterocycles. The molecule has 1 saturated carbocycles. The monoisotopic (exact) mass is 423 g/mol. The van der Waals surface area contributed by atoms with Crippen molar-refractivity contribution in [3.8, 4) is 11.1 Å². The minimum Gasteiger partial charge on any atom is -0.309 e. The fraction of sp³-hybridized carbons (Fsp3) is 0.440. The average molecular weight is 424 g/mol. The number of rotatable bonds is 8. The van der Waals surface area contributed by atoms with Crippen LogP contribution in [0.2, 0.25) is 5.02 Å². The summed E-state index contributed by atoms with van der Waals surface area (Å²) in [6.07, 6.45) is 4.60. The Morgan fingerprint density at radius 2 is 1.80 bits per heavy atom. The third kappa shape index (κ3) is 4.03. The zero-order chi connectivity index (χ0) is 21.3. The molecule has 5 heteroatoms. The topological polar surface area (TPSA) is 47.4 Å². The molecular formula is C25H30ClN3O. The van der Waals surface area contributed by atoms with E-state index in [1.165, 1.54) is 0 Å². The fourth-order valence-electron chi connectivity index (χ4n) is 4.73. The number of nitrogens with one attached hydrogen (secondary N) is 1. The van der Waals surface area contributed by atoms with E-state index in [9.17, 15) is 4.79 Å². The van der Waals surface area contributed by atoms with Gasteiger partial charge in [0.2, 0.25) is 5.91 Å². The van der Waals surface area contributed by atoms with Crippen LogP contribution in [0.1, 0.15) is 37.7 Å². The van der Waals surface area contributed by atoms with E-state index in [2.05, 4.69) is 37.2 Å². The van der Waals surface area contributed by atoms with Crippen LogP contribution >= 0.6 is 11.6 Å². The molecule has 1 unspecified atom stereocenters. The highest BCUT2D eigenvalue weighted by Crippen LogP contribution is 2.54. The number of carbonyl (C=O) groups is 1. The van der Waals surface area contributed by atoms with Crippen molar-refractivity contribution in [2.75, 3.05) is 27.2 Å². The lowest BCUT2D eigenvalue weighted by Crippen LogP contribution is -2.40. The number of halogens is 1. The van der Waals surface area contributed by atoms with Crippen LogP contribution in [0.25, 0.3) is 11.1 Å². The largest absolute Gasteiger partial charge is 0.309 e. The maximum atomic E-state index is 13.7. The quantitative estimate of drug-likeness (QED) is 0.592. The van der Waals surface area contributed by atoms with Crippen molar-refractivity contribution in [1.82, 2.24) is 9.80 Å². The van der Waals surface area contributed by atoms with Crippen molar-refractivity contribution in [3.63, 3.8) is 0 Å². The number of likely N-dealkylation sites (tertiary alicyclic amines) is 1. The van der Waals surface area contributed by atoms with Crippen molar-refractivity contribution in [1.29, 1.82) is 5.41 Å². The molecule has 1 aliphatic carbocycles. The molecule has 2 aliphatic rings. The fourth-order valence-corrected chi connectivity index (χ4v) is 4.92. The van der Waals surface area contributed by atoms with E-state index in [1.807, 2.05) is 30.3 Å².